The summed E-state index contributed by atoms with van der Waals surface area (Å²) in [5.74, 6) is 0.0253. The van der Waals surface area contributed by atoms with E-state index in [2.05, 4.69) is 15.2 Å². The van der Waals surface area contributed by atoms with Gasteiger partial charge >= 0.3 is 6.36 Å². The van der Waals surface area contributed by atoms with Crippen LogP contribution in [0.25, 0.3) is 11.3 Å². The minimum Gasteiger partial charge on any atom is -0.497 e. The van der Waals surface area contributed by atoms with Gasteiger partial charge in [0.15, 0.2) is 0 Å². The third-order valence-corrected chi connectivity index (χ3v) is 4.21. The highest BCUT2D eigenvalue weighted by Gasteiger charge is 2.31. The number of benzene rings is 2. The second kappa shape index (κ2) is 9.41. The van der Waals surface area contributed by atoms with Crippen molar-refractivity contribution in [2.45, 2.75) is 12.9 Å². The number of hydrogen-bond acceptors (Lipinski definition) is 6. The van der Waals surface area contributed by atoms with Gasteiger partial charge in [0.2, 0.25) is 5.91 Å². The number of aromatic nitrogens is 2. The lowest BCUT2D eigenvalue weighted by Gasteiger charge is -2.12. The van der Waals surface area contributed by atoms with Crippen molar-refractivity contribution in [2.24, 2.45) is 0 Å². The monoisotopic (exact) mass is 449 g/mol. The van der Waals surface area contributed by atoms with Crippen molar-refractivity contribution in [1.29, 1.82) is 0 Å². The number of anilines is 1. The summed E-state index contributed by atoms with van der Waals surface area (Å²) in [4.78, 5) is 24.5. The molecule has 0 unspecified atom stereocenters. The molecular formula is C21H18F3N3O5. The fourth-order valence-electron chi connectivity index (χ4n) is 2.80. The lowest BCUT2D eigenvalue weighted by Crippen LogP contribution is -2.29. The minimum atomic E-state index is -4.81. The largest absolute Gasteiger partial charge is 0.573 e. The van der Waals surface area contributed by atoms with Crippen LogP contribution in [-0.2, 0) is 11.3 Å². The van der Waals surface area contributed by atoms with Gasteiger partial charge in [0.25, 0.3) is 5.56 Å². The van der Waals surface area contributed by atoms with Crippen LogP contribution in [0.1, 0.15) is 0 Å². The van der Waals surface area contributed by atoms with Gasteiger partial charge in [-0.2, -0.15) is 5.10 Å². The Morgan fingerprint density at radius 1 is 1.00 bits per heavy atom. The number of carbonyl (C=O) groups excluding carboxylic acids is 1. The van der Waals surface area contributed by atoms with Gasteiger partial charge in [-0.25, -0.2) is 4.68 Å². The van der Waals surface area contributed by atoms with Gasteiger partial charge < -0.3 is 19.5 Å². The van der Waals surface area contributed by atoms with Crippen LogP contribution >= 0.6 is 0 Å². The van der Waals surface area contributed by atoms with Crippen molar-refractivity contribution in [2.75, 3.05) is 19.5 Å². The third-order valence-electron chi connectivity index (χ3n) is 4.21. The number of amides is 1. The Morgan fingerprint density at radius 2 is 1.69 bits per heavy atom. The van der Waals surface area contributed by atoms with Crippen LogP contribution < -0.4 is 25.1 Å². The van der Waals surface area contributed by atoms with E-state index in [-0.39, 0.29) is 5.69 Å². The van der Waals surface area contributed by atoms with E-state index in [0.29, 0.717) is 22.8 Å². The zero-order valence-corrected chi connectivity index (χ0v) is 17.0. The molecule has 32 heavy (non-hydrogen) atoms. The summed E-state index contributed by atoms with van der Waals surface area (Å²) >= 11 is 0. The summed E-state index contributed by atoms with van der Waals surface area (Å²) in [6.07, 6.45) is -4.81. The highest BCUT2D eigenvalue weighted by atomic mass is 19.4. The summed E-state index contributed by atoms with van der Waals surface area (Å²) in [5, 5.41) is 6.71. The standard InChI is InChI=1S/C21H18F3N3O5/c1-30-15-7-9-18(31-2)16(11-15)17-8-10-20(29)27(26-17)12-19(28)25-13-3-5-14(6-4-13)32-21(22,23)24/h3-11H,12H2,1-2H3,(H,25,28). The summed E-state index contributed by atoms with van der Waals surface area (Å²) in [6, 6.07) is 12.4. The van der Waals surface area contributed by atoms with Gasteiger partial charge in [-0.15, -0.1) is 13.2 Å². The Kier molecular flexibility index (Phi) is 6.67. The molecule has 0 aliphatic rings. The molecule has 3 aromatic rings. The highest BCUT2D eigenvalue weighted by molar-refractivity contribution is 5.90. The molecule has 2 aromatic carbocycles. The maximum absolute atomic E-state index is 12.4. The fourth-order valence-corrected chi connectivity index (χ4v) is 2.80. The van der Waals surface area contributed by atoms with Gasteiger partial charge in [0, 0.05) is 17.3 Å². The Balaban J connectivity index is 1.77. The molecule has 0 saturated heterocycles. The molecule has 0 spiro atoms. The molecule has 0 bridgehead atoms. The second-order valence-electron chi connectivity index (χ2n) is 6.40. The van der Waals surface area contributed by atoms with E-state index in [4.69, 9.17) is 9.47 Å². The van der Waals surface area contributed by atoms with Crippen LogP contribution in [0.5, 0.6) is 17.2 Å². The van der Waals surface area contributed by atoms with Crippen molar-refractivity contribution in [3.05, 3.63) is 65.0 Å². The Labute approximate surface area is 180 Å². The first-order chi connectivity index (χ1) is 15.2. The first-order valence-electron chi connectivity index (χ1n) is 9.15. The Hall–Kier alpha value is -4.02. The summed E-state index contributed by atoms with van der Waals surface area (Å²) in [7, 11) is 2.99. The zero-order chi connectivity index (χ0) is 23.3. The molecule has 0 radical (unpaired) electrons. The number of rotatable bonds is 7. The van der Waals surface area contributed by atoms with Crippen LogP contribution in [-0.4, -0.2) is 36.3 Å². The first kappa shape index (κ1) is 22.7. The molecule has 3 rings (SSSR count). The van der Waals surface area contributed by atoms with Gasteiger partial charge in [-0.05, 0) is 48.5 Å². The van der Waals surface area contributed by atoms with Crippen LogP contribution in [0.3, 0.4) is 0 Å². The molecule has 11 heteroatoms. The molecule has 1 aromatic heterocycles. The summed E-state index contributed by atoms with van der Waals surface area (Å²) < 4.78 is 52.0. The second-order valence-corrected chi connectivity index (χ2v) is 6.40. The van der Waals surface area contributed by atoms with E-state index >= 15 is 0 Å². The normalized spacial score (nSPS) is 11.0. The number of halogens is 3. The predicted octanol–water partition coefficient (Wildman–Crippen LogP) is 3.46. The smallest absolute Gasteiger partial charge is 0.497 e. The molecule has 0 fully saturated rings. The van der Waals surface area contributed by atoms with Crippen LogP contribution in [0.4, 0.5) is 18.9 Å². The van der Waals surface area contributed by atoms with E-state index in [9.17, 15) is 22.8 Å². The lowest BCUT2D eigenvalue weighted by atomic mass is 10.1. The van der Waals surface area contributed by atoms with E-state index in [1.54, 1.807) is 18.2 Å². The average Bonchev–Trinajstić information content (AvgIpc) is 2.75. The van der Waals surface area contributed by atoms with Gasteiger partial charge in [-0.3, -0.25) is 9.59 Å². The van der Waals surface area contributed by atoms with Crippen LogP contribution in [0, 0.1) is 0 Å². The first-order valence-corrected chi connectivity index (χ1v) is 9.15. The lowest BCUT2D eigenvalue weighted by molar-refractivity contribution is -0.274. The third kappa shape index (κ3) is 5.78. The van der Waals surface area contributed by atoms with Crippen molar-refractivity contribution in [3.63, 3.8) is 0 Å². The molecular weight excluding hydrogens is 431 g/mol. The summed E-state index contributed by atoms with van der Waals surface area (Å²) in [6.45, 7) is -0.417. The molecule has 0 aliphatic carbocycles. The zero-order valence-electron chi connectivity index (χ0n) is 17.0. The van der Waals surface area contributed by atoms with Crippen molar-refractivity contribution < 1.29 is 32.2 Å². The van der Waals surface area contributed by atoms with Crippen LogP contribution in [0.2, 0.25) is 0 Å². The average molecular weight is 449 g/mol. The molecule has 0 atom stereocenters. The van der Waals surface area contributed by atoms with E-state index in [0.717, 1.165) is 16.8 Å². The van der Waals surface area contributed by atoms with Crippen molar-refractivity contribution in [3.8, 4) is 28.5 Å². The number of nitrogens with zero attached hydrogens (tertiary/aromatic N) is 2. The number of alkyl halides is 3. The molecule has 1 amide bonds. The number of methoxy groups -OCH3 is 2. The molecule has 1 heterocycles. The highest BCUT2D eigenvalue weighted by Crippen LogP contribution is 2.31. The predicted molar refractivity (Wildman–Crippen MR) is 109 cm³/mol. The molecule has 0 saturated carbocycles. The Bertz CT molecular complexity index is 1160. The number of hydrogen-bond donors (Lipinski definition) is 1. The van der Waals surface area contributed by atoms with Gasteiger partial charge in [0.05, 0.1) is 19.9 Å². The van der Waals surface area contributed by atoms with Crippen LogP contribution in [0.15, 0.2) is 59.4 Å². The number of ether oxygens (including phenoxy) is 3. The molecule has 1 N–H and O–H groups in total. The van der Waals surface area contributed by atoms with E-state index < -0.39 is 30.1 Å². The fraction of sp³-hybridized carbons (Fsp3) is 0.190. The van der Waals surface area contributed by atoms with Crippen molar-refractivity contribution in [1.82, 2.24) is 9.78 Å². The van der Waals surface area contributed by atoms with Gasteiger partial charge in [0.1, 0.15) is 23.8 Å². The molecule has 168 valence electrons. The van der Waals surface area contributed by atoms with Gasteiger partial charge in [-0.1, -0.05) is 0 Å². The Morgan fingerprint density at radius 3 is 2.31 bits per heavy atom. The van der Waals surface area contributed by atoms with E-state index in [1.165, 1.54) is 38.5 Å². The topological polar surface area (TPSA) is 91.7 Å². The maximum Gasteiger partial charge on any atom is 0.573 e. The van der Waals surface area contributed by atoms with E-state index in [1.807, 2.05) is 0 Å². The number of carbonyl (C=O) groups is 1. The minimum absolute atomic E-state index is 0.225. The van der Waals surface area contributed by atoms with Crippen molar-refractivity contribution >= 4 is 11.6 Å². The number of nitrogens with one attached hydrogen (secondary N) is 1. The maximum atomic E-state index is 12.4. The SMILES string of the molecule is COc1ccc(OC)c(-c2ccc(=O)n(CC(=O)Nc3ccc(OC(F)(F)F)cc3)n2)c1. The molecule has 8 nitrogen and oxygen atoms in total. The summed E-state index contributed by atoms with van der Waals surface area (Å²) in [5.41, 5.74) is 0.644. The molecule has 0 aliphatic heterocycles. The quantitative estimate of drug-likeness (QED) is 0.594.